The van der Waals surface area contributed by atoms with Crippen molar-refractivity contribution in [2.24, 2.45) is 23.7 Å². The number of ether oxygens (including phenoxy) is 1. The number of fused-ring (bicyclic) bond motifs is 1. The van der Waals surface area contributed by atoms with Crippen LogP contribution in [0.1, 0.15) is 77.0 Å². The molecule has 9 nitrogen and oxygen atoms in total. The minimum Gasteiger partial charge on any atom is -0.444 e. The van der Waals surface area contributed by atoms with E-state index in [9.17, 15) is 14.7 Å². The number of aliphatic hydroxyl groups is 1. The number of carbonyl (C=O) groups is 2. The molecule has 6 aliphatic rings. The minimum absolute atomic E-state index is 0.0209. The number of hydrogen-bond acceptors (Lipinski definition) is 7. The van der Waals surface area contributed by atoms with Gasteiger partial charge in [-0.25, -0.2) is 14.8 Å². The SMILES string of the molecule is CC(C)(C)OC(=O)N1CCC[C@@H]1C(=O)N1CCc2c(ncnc2N(CCO)C2C3CC4CC(C3)CC2C4)C1. The van der Waals surface area contributed by atoms with Gasteiger partial charge in [0.1, 0.15) is 23.8 Å². The molecule has 1 aromatic rings. The lowest BCUT2D eigenvalue weighted by atomic mass is 9.54. The van der Waals surface area contributed by atoms with Gasteiger partial charge in [0.15, 0.2) is 0 Å². The second-order valence-electron chi connectivity index (χ2n) is 13.3. The highest BCUT2D eigenvalue weighted by atomic mass is 16.6. The Hall–Kier alpha value is -2.42. The van der Waals surface area contributed by atoms with Crippen molar-refractivity contribution in [3.63, 3.8) is 0 Å². The van der Waals surface area contributed by atoms with E-state index in [0.717, 1.165) is 35.3 Å². The molecule has 1 aromatic heterocycles. The summed E-state index contributed by atoms with van der Waals surface area (Å²) in [6, 6.07) is -0.0406. The van der Waals surface area contributed by atoms with Gasteiger partial charge in [-0.05, 0) is 95.8 Å². The van der Waals surface area contributed by atoms with E-state index in [1.807, 2.05) is 25.7 Å². The monoisotopic (exact) mass is 525 g/mol. The Morgan fingerprint density at radius 1 is 1.08 bits per heavy atom. The Balaban J connectivity index is 1.20. The van der Waals surface area contributed by atoms with Crippen molar-refractivity contribution in [2.75, 3.05) is 31.1 Å². The summed E-state index contributed by atoms with van der Waals surface area (Å²) in [6.07, 6.45) is 10.0. The van der Waals surface area contributed by atoms with Crippen molar-refractivity contribution < 1.29 is 19.4 Å². The van der Waals surface area contributed by atoms with Crippen LogP contribution in [0.5, 0.6) is 0 Å². The predicted octanol–water partition coefficient (Wildman–Crippen LogP) is 3.38. The first-order valence-corrected chi connectivity index (χ1v) is 14.7. The van der Waals surface area contributed by atoms with E-state index in [-0.39, 0.29) is 12.5 Å². The lowest BCUT2D eigenvalue weighted by Gasteiger charge is -2.57. The third-order valence-corrected chi connectivity index (χ3v) is 9.61. The molecule has 7 rings (SSSR count). The third kappa shape index (κ3) is 4.75. The molecule has 5 fully saturated rings. The van der Waals surface area contributed by atoms with Gasteiger partial charge in [0, 0.05) is 31.2 Å². The van der Waals surface area contributed by atoms with Gasteiger partial charge in [0.05, 0.1) is 18.8 Å². The largest absolute Gasteiger partial charge is 0.444 e. The molecule has 0 aromatic carbocycles. The van der Waals surface area contributed by atoms with E-state index in [1.54, 1.807) is 11.2 Å². The first kappa shape index (κ1) is 25.8. The number of amides is 2. The average molecular weight is 526 g/mol. The summed E-state index contributed by atoms with van der Waals surface area (Å²) in [5.41, 5.74) is 1.42. The molecular weight excluding hydrogens is 482 g/mol. The number of anilines is 1. The van der Waals surface area contributed by atoms with Crippen molar-refractivity contribution in [3.05, 3.63) is 17.6 Å². The lowest BCUT2D eigenvalue weighted by Crippen LogP contribution is -2.57. The smallest absolute Gasteiger partial charge is 0.410 e. The van der Waals surface area contributed by atoms with Gasteiger partial charge in [0.25, 0.3) is 0 Å². The molecule has 2 aliphatic heterocycles. The van der Waals surface area contributed by atoms with Gasteiger partial charge >= 0.3 is 6.09 Å². The number of likely N-dealkylation sites (tertiary alicyclic amines) is 1. The first-order valence-electron chi connectivity index (χ1n) is 14.7. The number of rotatable bonds is 5. The van der Waals surface area contributed by atoms with Gasteiger partial charge in [-0.1, -0.05) is 0 Å². The highest BCUT2D eigenvalue weighted by molar-refractivity contribution is 5.86. The fourth-order valence-electron chi connectivity index (χ4n) is 8.46. The summed E-state index contributed by atoms with van der Waals surface area (Å²) < 4.78 is 5.58. The number of aliphatic hydroxyl groups excluding tert-OH is 1. The van der Waals surface area contributed by atoms with Crippen molar-refractivity contribution in [3.8, 4) is 0 Å². The molecule has 208 valence electrons. The van der Waals surface area contributed by atoms with E-state index in [2.05, 4.69) is 9.88 Å². The van der Waals surface area contributed by atoms with Crippen LogP contribution in [-0.2, 0) is 22.5 Å². The Bertz CT molecular complexity index is 1040. The molecule has 0 radical (unpaired) electrons. The van der Waals surface area contributed by atoms with Crippen LogP contribution in [0.3, 0.4) is 0 Å². The molecule has 3 heterocycles. The molecular formula is C29H43N5O4. The highest BCUT2D eigenvalue weighted by Crippen LogP contribution is 2.55. The Morgan fingerprint density at radius 3 is 2.45 bits per heavy atom. The van der Waals surface area contributed by atoms with E-state index >= 15 is 0 Å². The van der Waals surface area contributed by atoms with Gasteiger partial charge in [-0.3, -0.25) is 9.69 Å². The second kappa shape index (κ2) is 9.96. The summed E-state index contributed by atoms with van der Waals surface area (Å²) >= 11 is 0. The fraction of sp³-hybridized carbons (Fsp3) is 0.793. The van der Waals surface area contributed by atoms with Crippen LogP contribution in [0.15, 0.2) is 6.33 Å². The fourth-order valence-corrected chi connectivity index (χ4v) is 8.46. The summed E-state index contributed by atoms with van der Waals surface area (Å²) in [7, 11) is 0. The molecule has 1 atom stereocenters. The predicted molar refractivity (Wildman–Crippen MR) is 142 cm³/mol. The quantitative estimate of drug-likeness (QED) is 0.629. The molecule has 4 saturated carbocycles. The summed E-state index contributed by atoms with van der Waals surface area (Å²) in [6.45, 7) is 7.79. The Kier molecular flexibility index (Phi) is 6.77. The minimum atomic E-state index is -0.595. The maximum Gasteiger partial charge on any atom is 0.410 e. The van der Waals surface area contributed by atoms with Crippen LogP contribution < -0.4 is 4.90 Å². The third-order valence-electron chi connectivity index (χ3n) is 9.61. The van der Waals surface area contributed by atoms with Crippen LogP contribution in [0.4, 0.5) is 10.6 Å². The lowest BCUT2D eigenvalue weighted by molar-refractivity contribution is -0.137. The van der Waals surface area contributed by atoms with Crippen LogP contribution >= 0.6 is 0 Å². The Labute approximate surface area is 225 Å². The molecule has 9 heteroatoms. The van der Waals surface area contributed by atoms with E-state index < -0.39 is 17.7 Å². The van der Waals surface area contributed by atoms with Gasteiger partial charge in [-0.15, -0.1) is 0 Å². The maximum absolute atomic E-state index is 13.6. The van der Waals surface area contributed by atoms with E-state index in [0.29, 0.717) is 56.9 Å². The maximum atomic E-state index is 13.6. The van der Waals surface area contributed by atoms with Crippen LogP contribution in [-0.4, -0.2) is 80.8 Å². The summed E-state index contributed by atoms with van der Waals surface area (Å²) in [5.74, 6) is 4.09. The van der Waals surface area contributed by atoms with E-state index in [1.165, 1.54) is 32.1 Å². The first-order chi connectivity index (χ1) is 18.2. The van der Waals surface area contributed by atoms with Crippen LogP contribution in [0.25, 0.3) is 0 Å². The second-order valence-corrected chi connectivity index (χ2v) is 13.3. The molecule has 4 bridgehead atoms. The van der Waals surface area contributed by atoms with Gasteiger partial charge in [-0.2, -0.15) is 0 Å². The zero-order chi connectivity index (χ0) is 26.6. The highest BCUT2D eigenvalue weighted by Gasteiger charge is 2.51. The van der Waals surface area contributed by atoms with Crippen molar-refractivity contribution in [2.45, 2.75) is 96.4 Å². The molecule has 0 spiro atoms. The summed E-state index contributed by atoms with van der Waals surface area (Å²) in [5, 5.41) is 10.1. The number of carbonyl (C=O) groups excluding carboxylic acids is 2. The molecule has 4 aliphatic carbocycles. The van der Waals surface area contributed by atoms with E-state index in [4.69, 9.17) is 9.72 Å². The normalized spacial score (nSPS) is 31.9. The number of aromatic nitrogens is 2. The zero-order valence-corrected chi connectivity index (χ0v) is 23.1. The van der Waals surface area contributed by atoms with Gasteiger partial charge < -0.3 is 19.6 Å². The topological polar surface area (TPSA) is 99.1 Å². The Morgan fingerprint density at radius 2 is 1.79 bits per heavy atom. The molecule has 1 saturated heterocycles. The number of nitrogens with zero attached hydrogens (tertiary/aromatic N) is 5. The molecule has 38 heavy (non-hydrogen) atoms. The van der Waals surface area contributed by atoms with Crippen molar-refractivity contribution in [1.29, 1.82) is 0 Å². The standard InChI is InChI=1S/C29H43N5O4/c1-29(2,3)38-28(37)33-7-4-5-24(33)27(36)32-8-6-22-23(16-32)30-17-31-26(22)34(9-10-35)25-20-12-18-11-19(14-20)15-21(25)13-18/h17-21,24-25,35H,4-16H2,1-3H3/t18?,19?,20?,21?,24-,25?/m1/s1. The average Bonchev–Trinajstić information content (AvgIpc) is 3.36. The van der Waals surface area contributed by atoms with Crippen molar-refractivity contribution >= 4 is 17.8 Å². The van der Waals surface area contributed by atoms with Crippen molar-refractivity contribution in [1.82, 2.24) is 19.8 Å². The molecule has 1 N–H and O–H groups in total. The summed E-state index contributed by atoms with van der Waals surface area (Å²) in [4.78, 5) is 41.7. The van der Waals surface area contributed by atoms with Crippen LogP contribution in [0.2, 0.25) is 0 Å². The molecule has 0 unspecified atom stereocenters. The zero-order valence-electron chi connectivity index (χ0n) is 23.1. The van der Waals surface area contributed by atoms with Gasteiger partial charge in [0.2, 0.25) is 5.91 Å². The molecule has 2 amide bonds. The number of hydrogen-bond donors (Lipinski definition) is 1. The van der Waals surface area contributed by atoms with Crippen LogP contribution in [0, 0.1) is 23.7 Å².